The molecular formula is C16H19Cl2NO2. The molecule has 3 nitrogen and oxygen atoms in total. The summed E-state index contributed by atoms with van der Waals surface area (Å²) in [5.74, 6) is 0.661. The molecule has 114 valence electrons. The Balaban J connectivity index is 2.27. The summed E-state index contributed by atoms with van der Waals surface area (Å²) < 4.78 is 5.13. The van der Waals surface area contributed by atoms with Crippen LogP contribution in [0.2, 0.25) is 10.0 Å². The summed E-state index contributed by atoms with van der Waals surface area (Å²) in [4.78, 5) is 14.3. The van der Waals surface area contributed by atoms with E-state index < -0.39 is 0 Å². The number of hydrogen-bond donors (Lipinski definition) is 0. The summed E-state index contributed by atoms with van der Waals surface area (Å²) in [6, 6.07) is 3.54. The molecule has 0 atom stereocenters. The van der Waals surface area contributed by atoms with E-state index in [1.54, 1.807) is 12.1 Å². The maximum atomic E-state index is 12.1. The number of rotatable bonds is 4. The lowest BCUT2D eigenvalue weighted by Gasteiger charge is -2.27. The van der Waals surface area contributed by atoms with E-state index in [9.17, 15) is 4.79 Å². The van der Waals surface area contributed by atoms with Gasteiger partial charge in [-0.25, -0.2) is 0 Å². The zero-order valence-electron chi connectivity index (χ0n) is 12.3. The van der Waals surface area contributed by atoms with Crippen molar-refractivity contribution in [2.45, 2.75) is 19.8 Å². The molecule has 0 aliphatic carbocycles. The number of ketones is 1. The molecule has 1 aromatic rings. The predicted octanol–water partition coefficient (Wildman–Crippen LogP) is 4.07. The lowest BCUT2D eigenvalue weighted by atomic mass is 10.00. The van der Waals surface area contributed by atoms with Gasteiger partial charge < -0.3 is 4.74 Å². The van der Waals surface area contributed by atoms with Crippen molar-refractivity contribution in [2.24, 2.45) is 0 Å². The van der Waals surface area contributed by atoms with E-state index in [0.717, 1.165) is 30.6 Å². The lowest BCUT2D eigenvalue weighted by Crippen LogP contribution is -2.36. The highest BCUT2D eigenvalue weighted by molar-refractivity contribution is 6.37. The third-order valence-electron chi connectivity index (χ3n) is 3.51. The van der Waals surface area contributed by atoms with Crippen molar-refractivity contribution in [3.05, 3.63) is 33.3 Å². The molecule has 21 heavy (non-hydrogen) atoms. The minimum atomic E-state index is 0.199. The second-order valence-corrected chi connectivity index (χ2v) is 5.95. The van der Waals surface area contributed by atoms with Crippen molar-refractivity contribution in [2.75, 3.05) is 26.7 Å². The fourth-order valence-corrected chi connectivity index (χ4v) is 3.18. The molecule has 0 amide bonds. The molecule has 0 spiro atoms. The third kappa shape index (κ3) is 4.00. The van der Waals surface area contributed by atoms with Crippen molar-refractivity contribution in [1.29, 1.82) is 0 Å². The third-order valence-corrected chi connectivity index (χ3v) is 4.07. The SMILES string of the molecule is CCCN1CCC(=O)/C(=C/c2cc(Cl)c(OC)c(Cl)c2)C1. The number of likely N-dealkylation sites (tertiary alicyclic amines) is 1. The van der Waals surface area contributed by atoms with Crippen LogP contribution >= 0.6 is 23.2 Å². The number of carbonyl (C=O) groups excluding carboxylic acids is 1. The molecule has 0 radical (unpaired) electrons. The van der Waals surface area contributed by atoms with Crippen LogP contribution in [-0.4, -0.2) is 37.4 Å². The number of nitrogens with zero attached hydrogens (tertiary/aromatic N) is 1. The van der Waals surface area contributed by atoms with Crippen LogP contribution < -0.4 is 4.74 Å². The average molecular weight is 328 g/mol. The monoisotopic (exact) mass is 327 g/mol. The van der Waals surface area contributed by atoms with Crippen LogP contribution in [0.25, 0.3) is 6.08 Å². The summed E-state index contributed by atoms with van der Waals surface area (Å²) in [5, 5.41) is 0.899. The van der Waals surface area contributed by atoms with Crippen LogP contribution in [0, 0.1) is 0 Å². The van der Waals surface area contributed by atoms with Crippen LogP contribution in [0.3, 0.4) is 0 Å². The van der Waals surface area contributed by atoms with Gasteiger partial charge in [-0.3, -0.25) is 9.69 Å². The first-order valence-corrected chi connectivity index (χ1v) is 7.80. The van der Waals surface area contributed by atoms with Crippen molar-refractivity contribution in [3.63, 3.8) is 0 Å². The average Bonchev–Trinajstić information content (AvgIpc) is 2.42. The van der Waals surface area contributed by atoms with Crippen molar-refractivity contribution < 1.29 is 9.53 Å². The van der Waals surface area contributed by atoms with E-state index >= 15 is 0 Å². The highest BCUT2D eigenvalue weighted by atomic mass is 35.5. The highest BCUT2D eigenvalue weighted by Crippen LogP contribution is 2.34. The second-order valence-electron chi connectivity index (χ2n) is 5.14. The van der Waals surface area contributed by atoms with Gasteiger partial charge in [-0.15, -0.1) is 0 Å². The smallest absolute Gasteiger partial charge is 0.161 e. The first-order valence-electron chi connectivity index (χ1n) is 7.04. The van der Waals surface area contributed by atoms with Crippen LogP contribution in [0.5, 0.6) is 5.75 Å². The summed E-state index contributed by atoms with van der Waals surface area (Å²) in [7, 11) is 1.53. The Labute approximate surface area is 135 Å². The largest absolute Gasteiger partial charge is 0.494 e. The topological polar surface area (TPSA) is 29.5 Å². The number of piperidine rings is 1. The fraction of sp³-hybridized carbons (Fsp3) is 0.438. The van der Waals surface area contributed by atoms with E-state index in [2.05, 4.69) is 11.8 Å². The first kappa shape index (κ1) is 16.3. The molecule has 0 aromatic heterocycles. The Hall–Kier alpha value is -1.03. The molecule has 0 unspecified atom stereocenters. The Bertz CT molecular complexity index is 546. The van der Waals surface area contributed by atoms with Crippen LogP contribution in [0.1, 0.15) is 25.3 Å². The Morgan fingerprint density at radius 2 is 2.00 bits per heavy atom. The van der Waals surface area contributed by atoms with Crippen LogP contribution in [-0.2, 0) is 4.79 Å². The lowest BCUT2D eigenvalue weighted by molar-refractivity contribution is -0.117. The normalized spacial score (nSPS) is 18.3. The molecule has 5 heteroatoms. The fourth-order valence-electron chi connectivity index (χ4n) is 2.52. The van der Waals surface area contributed by atoms with E-state index in [4.69, 9.17) is 27.9 Å². The molecule has 1 aliphatic heterocycles. The molecule has 1 aliphatic rings. The van der Waals surface area contributed by atoms with Crippen molar-refractivity contribution in [3.8, 4) is 5.75 Å². The van der Waals surface area contributed by atoms with Gasteiger partial charge in [0.2, 0.25) is 0 Å². The van der Waals surface area contributed by atoms with Gasteiger partial charge >= 0.3 is 0 Å². The quantitative estimate of drug-likeness (QED) is 0.780. The number of ether oxygens (including phenoxy) is 1. The van der Waals surface area contributed by atoms with Gasteiger partial charge in [0.05, 0.1) is 17.2 Å². The van der Waals surface area contributed by atoms with Crippen molar-refractivity contribution >= 4 is 35.1 Å². The van der Waals surface area contributed by atoms with Crippen LogP contribution in [0.4, 0.5) is 0 Å². The van der Waals surface area contributed by atoms with Crippen LogP contribution in [0.15, 0.2) is 17.7 Å². The zero-order valence-corrected chi connectivity index (χ0v) is 13.8. The molecule has 1 fully saturated rings. The molecule has 0 N–H and O–H groups in total. The van der Waals surface area contributed by atoms with Crippen molar-refractivity contribution in [1.82, 2.24) is 4.90 Å². The predicted molar refractivity (Wildman–Crippen MR) is 87.3 cm³/mol. The summed E-state index contributed by atoms with van der Waals surface area (Å²) in [5.41, 5.74) is 1.64. The minimum Gasteiger partial charge on any atom is -0.494 e. The van der Waals surface area contributed by atoms with Gasteiger partial charge in [0.25, 0.3) is 0 Å². The molecule has 2 rings (SSSR count). The number of halogens is 2. The van der Waals surface area contributed by atoms with E-state index in [-0.39, 0.29) is 5.78 Å². The molecule has 1 aromatic carbocycles. The Kier molecular flexibility index (Phi) is 5.68. The Morgan fingerprint density at radius 1 is 1.33 bits per heavy atom. The summed E-state index contributed by atoms with van der Waals surface area (Å²) in [6.07, 6.45) is 3.53. The van der Waals surface area contributed by atoms with E-state index in [1.165, 1.54) is 7.11 Å². The van der Waals surface area contributed by atoms with Gasteiger partial charge in [0.1, 0.15) is 0 Å². The van der Waals surface area contributed by atoms with Gasteiger partial charge in [0.15, 0.2) is 11.5 Å². The summed E-state index contributed by atoms with van der Waals surface area (Å²) >= 11 is 12.3. The number of benzene rings is 1. The highest BCUT2D eigenvalue weighted by Gasteiger charge is 2.20. The standard InChI is InChI=1S/C16H19Cl2NO2/c1-3-5-19-6-4-15(20)12(10-19)7-11-8-13(17)16(21-2)14(18)9-11/h7-9H,3-6,10H2,1-2H3/b12-7+. The van der Waals surface area contributed by atoms with E-state index in [0.29, 0.717) is 28.8 Å². The van der Waals surface area contributed by atoms with Gasteiger partial charge in [-0.05, 0) is 36.7 Å². The Morgan fingerprint density at radius 3 is 2.57 bits per heavy atom. The van der Waals surface area contributed by atoms with Gasteiger partial charge in [-0.1, -0.05) is 30.1 Å². The number of hydrogen-bond acceptors (Lipinski definition) is 3. The second kappa shape index (κ2) is 7.30. The first-order chi connectivity index (χ1) is 10.0. The minimum absolute atomic E-state index is 0.199. The molecule has 1 heterocycles. The molecular weight excluding hydrogens is 309 g/mol. The van der Waals surface area contributed by atoms with Gasteiger partial charge in [-0.2, -0.15) is 0 Å². The zero-order chi connectivity index (χ0) is 15.4. The van der Waals surface area contributed by atoms with Gasteiger partial charge in [0, 0.05) is 25.1 Å². The van der Waals surface area contributed by atoms with E-state index in [1.807, 2.05) is 6.08 Å². The maximum absolute atomic E-state index is 12.1. The molecule has 0 saturated carbocycles. The molecule has 0 bridgehead atoms. The summed E-state index contributed by atoms with van der Waals surface area (Å²) in [6.45, 7) is 4.68. The number of carbonyl (C=O) groups is 1. The maximum Gasteiger partial charge on any atom is 0.161 e. The number of methoxy groups -OCH3 is 1. The number of Topliss-reactive ketones (excluding diaryl/α,β-unsaturated/α-hetero) is 1. The molecule has 1 saturated heterocycles.